The first kappa shape index (κ1) is 11.4. The molecule has 2 fully saturated rings. The molecular formula is C11H19N3O2. The van der Waals surface area contributed by atoms with Crippen LogP contribution in [0.2, 0.25) is 0 Å². The smallest absolute Gasteiger partial charge is 0.244 e. The van der Waals surface area contributed by atoms with E-state index in [0.29, 0.717) is 5.92 Å². The van der Waals surface area contributed by atoms with Crippen LogP contribution < -0.4 is 10.6 Å². The molecule has 90 valence electrons. The lowest BCUT2D eigenvalue weighted by atomic mass is 9.88. The van der Waals surface area contributed by atoms with Crippen molar-refractivity contribution in [3.05, 3.63) is 0 Å². The highest BCUT2D eigenvalue weighted by Crippen LogP contribution is 2.17. The SMILES string of the molecule is CC(C(=O)NC1CCN(C)C1=O)C1CNC1. The highest BCUT2D eigenvalue weighted by atomic mass is 16.2. The highest BCUT2D eigenvalue weighted by Gasteiger charge is 2.34. The number of hydrogen-bond acceptors (Lipinski definition) is 3. The van der Waals surface area contributed by atoms with E-state index in [0.717, 1.165) is 26.1 Å². The molecule has 2 amide bonds. The standard InChI is InChI=1S/C11H19N3O2/c1-7(8-5-12-6-8)10(15)13-9-3-4-14(2)11(9)16/h7-9,12H,3-6H2,1-2H3,(H,13,15). The average molecular weight is 225 g/mol. The Morgan fingerprint density at radius 2 is 2.25 bits per heavy atom. The number of nitrogens with zero attached hydrogens (tertiary/aromatic N) is 1. The van der Waals surface area contributed by atoms with Crippen molar-refractivity contribution in [3.8, 4) is 0 Å². The van der Waals surface area contributed by atoms with E-state index in [1.807, 2.05) is 6.92 Å². The number of hydrogen-bond donors (Lipinski definition) is 2. The molecule has 0 aliphatic carbocycles. The Hall–Kier alpha value is -1.10. The van der Waals surface area contributed by atoms with E-state index in [2.05, 4.69) is 10.6 Å². The van der Waals surface area contributed by atoms with Crippen LogP contribution in [-0.2, 0) is 9.59 Å². The van der Waals surface area contributed by atoms with Crippen LogP contribution in [0.3, 0.4) is 0 Å². The number of likely N-dealkylation sites (tertiary alicyclic amines) is 1. The van der Waals surface area contributed by atoms with Crippen molar-refractivity contribution in [2.45, 2.75) is 19.4 Å². The number of likely N-dealkylation sites (N-methyl/N-ethyl adjacent to an activating group) is 1. The van der Waals surface area contributed by atoms with Crippen molar-refractivity contribution in [3.63, 3.8) is 0 Å². The van der Waals surface area contributed by atoms with Gasteiger partial charge >= 0.3 is 0 Å². The van der Waals surface area contributed by atoms with Gasteiger partial charge in [0.25, 0.3) is 0 Å². The maximum absolute atomic E-state index is 11.9. The molecule has 2 heterocycles. The molecule has 2 atom stereocenters. The van der Waals surface area contributed by atoms with Gasteiger partial charge in [-0.2, -0.15) is 0 Å². The Labute approximate surface area is 95.6 Å². The summed E-state index contributed by atoms with van der Waals surface area (Å²) in [5, 5.41) is 6.00. The fourth-order valence-electron chi connectivity index (χ4n) is 2.14. The predicted molar refractivity (Wildman–Crippen MR) is 59.7 cm³/mol. The number of amides is 2. The minimum absolute atomic E-state index is 0.0000406. The van der Waals surface area contributed by atoms with E-state index in [1.54, 1.807) is 11.9 Å². The highest BCUT2D eigenvalue weighted by molar-refractivity contribution is 5.89. The molecule has 2 rings (SSSR count). The van der Waals surface area contributed by atoms with Crippen molar-refractivity contribution < 1.29 is 9.59 Å². The van der Waals surface area contributed by atoms with Crippen molar-refractivity contribution >= 4 is 11.8 Å². The van der Waals surface area contributed by atoms with Crippen LogP contribution >= 0.6 is 0 Å². The van der Waals surface area contributed by atoms with Crippen LogP contribution in [0.5, 0.6) is 0 Å². The Kier molecular flexibility index (Phi) is 3.14. The summed E-state index contributed by atoms with van der Waals surface area (Å²) in [5.41, 5.74) is 0. The summed E-state index contributed by atoms with van der Waals surface area (Å²) in [6, 6.07) is -0.298. The number of nitrogens with one attached hydrogen (secondary N) is 2. The monoisotopic (exact) mass is 225 g/mol. The summed E-state index contributed by atoms with van der Waals surface area (Å²) >= 11 is 0. The van der Waals surface area contributed by atoms with Gasteiger partial charge in [0.05, 0.1) is 0 Å². The van der Waals surface area contributed by atoms with Crippen molar-refractivity contribution in [1.82, 2.24) is 15.5 Å². The molecular weight excluding hydrogens is 206 g/mol. The van der Waals surface area contributed by atoms with Crippen LogP contribution in [0.1, 0.15) is 13.3 Å². The molecule has 2 saturated heterocycles. The van der Waals surface area contributed by atoms with Crippen LogP contribution in [0.15, 0.2) is 0 Å². The molecule has 5 heteroatoms. The summed E-state index contributed by atoms with van der Waals surface area (Å²) in [4.78, 5) is 25.2. The zero-order valence-electron chi connectivity index (χ0n) is 9.82. The third-order valence-corrected chi connectivity index (χ3v) is 3.68. The van der Waals surface area contributed by atoms with Gasteiger partial charge in [0.1, 0.15) is 6.04 Å². The molecule has 0 aromatic carbocycles. The van der Waals surface area contributed by atoms with Crippen LogP contribution in [0.4, 0.5) is 0 Å². The van der Waals surface area contributed by atoms with Crippen molar-refractivity contribution in [1.29, 1.82) is 0 Å². The fraction of sp³-hybridized carbons (Fsp3) is 0.818. The van der Waals surface area contributed by atoms with Gasteiger partial charge in [0.15, 0.2) is 0 Å². The first-order valence-corrected chi connectivity index (χ1v) is 5.85. The molecule has 2 unspecified atom stereocenters. The van der Waals surface area contributed by atoms with E-state index in [4.69, 9.17) is 0 Å². The second-order valence-corrected chi connectivity index (χ2v) is 4.82. The van der Waals surface area contributed by atoms with E-state index >= 15 is 0 Å². The normalized spacial score (nSPS) is 27.8. The van der Waals surface area contributed by atoms with Gasteiger partial charge in [0, 0.05) is 19.5 Å². The predicted octanol–water partition coefficient (Wildman–Crippen LogP) is -0.811. The first-order valence-electron chi connectivity index (χ1n) is 5.85. The van der Waals surface area contributed by atoms with E-state index in [-0.39, 0.29) is 23.8 Å². The summed E-state index contributed by atoms with van der Waals surface area (Å²) in [6.45, 7) is 4.49. The second-order valence-electron chi connectivity index (χ2n) is 4.82. The molecule has 2 aliphatic rings. The number of carbonyl (C=O) groups excluding carboxylic acids is 2. The topological polar surface area (TPSA) is 61.4 Å². The van der Waals surface area contributed by atoms with Gasteiger partial charge < -0.3 is 15.5 Å². The van der Waals surface area contributed by atoms with E-state index < -0.39 is 0 Å². The molecule has 2 N–H and O–H groups in total. The molecule has 0 spiro atoms. The Morgan fingerprint density at radius 1 is 1.56 bits per heavy atom. The zero-order valence-corrected chi connectivity index (χ0v) is 9.82. The van der Waals surface area contributed by atoms with Crippen LogP contribution in [-0.4, -0.2) is 49.4 Å². The summed E-state index contributed by atoms with van der Waals surface area (Å²) in [7, 11) is 1.77. The largest absolute Gasteiger partial charge is 0.344 e. The minimum Gasteiger partial charge on any atom is -0.344 e. The maximum atomic E-state index is 11.9. The second kappa shape index (κ2) is 4.41. The number of carbonyl (C=O) groups is 2. The van der Waals surface area contributed by atoms with Gasteiger partial charge in [-0.25, -0.2) is 0 Å². The van der Waals surface area contributed by atoms with Gasteiger partial charge in [-0.15, -0.1) is 0 Å². The van der Waals surface area contributed by atoms with Crippen molar-refractivity contribution in [2.75, 3.05) is 26.7 Å². The lowest BCUT2D eigenvalue weighted by Gasteiger charge is -2.32. The average Bonchev–Trinajstić information content (AvgIpc) is 2.47. The molecule has 0 aromatic heterocycles. The minimum atomic E-state index is -0.298. The molecule has 5 nitrogen and oxygen atoms in total. The molecule has 0 bridgehead atoms. The molecule has 2 aliphatic heterocycles. The Morgan fingerprint density at radius 3 is 2.69 bits per heavy atom. The van der Waals surface area contributed by atoms with Gasteiger partial charge in [-0.1, -0.05) is 6.92 Å². The third-order valence-electron chi connectivity index (χ3n) is 3.68. The lowest BCUT2D eigenvalue weighted by molar-refractivity contribution is -0.134. The third kappa shape index (κ3) is 2.04. The van der Waals surface area contributed by atoms with E-state index in [9.17, 15) is 9.59 Å². The maximum Gasteiger partial charge on any atom is 0.244 e. The summed E-state index contributed by atoms with van der Waals surface area (Å²) in [6.07, 6.45) is 0.733. The van der Waals surface area contributed by atoms with Gasteiger partial charge in [-0.3, -0.25) is 9.59 Å². The Balaban J connectivity index is 1.84. The van der Waals surface area contributed by atoms with Gasteiger partial charge in [-0.05, 0) is 25.4 Å². The molecule has 16 heavy (non-hydrogen) atoms. The quantitative estimate of drug-likeness (QED) is 0.660. The lowest BCUT2D eigenvalue weighted by Crippen LogP contribution is -2.51. The van der Waals surface area contributed by atoms with E-state index in [1.165, 1.54) is 0 Å². The van der Waals surface area contributed by atoms with Crippen LogP contribution in [0.25, 0.3) is 0 Å². The fourth-order valence-corrected chi connectivity index (χ4v) is 2.14. The molecule has 0 radical (unpaired) electrons. The van der Waals surface area contributed by atoms with Crippen LogP contribution in [0, 0.1) is 11.8 Å². The van der Waals surface area contributed by atoms with Crippen molar-refractivity contribution in [2.24, 2.45) is 11.8 Å². The Bertz CT molecular complexity index is 302. The summed E-state index contributed by atoms with van der Waals surface area (Å²) in [5.74, 6) is 0.474. The number of rotatable bonds is 3. The summed E-state index contributed by atoms with van der Waals surface area (Å²) < 4.78 is 0. The first-order chi connectivity index (χ1) is 7.59. The molecule has 0 aromatic rings. The zero-order chi connectivity index (χ0) is 11.7. The molecule has 0 saturated carbocycles. The van der Waals surface area contributed by atoms with Gasteiger partial charge in [0.2, 0.25) is 11.8 Å².